The Bertz CT molecular complexity index is 958. The highest BCUT2D eigenvalue weighted by molar-refractivity contribution is 6.01. The second-order valence-electron chi connectivity index (χ2n) is 6.65. The average molecular weight is 398 g/mol. The van der Waals surface area contributed by atoms with E-state index in [0.717, 1.165) is 0 Å². The number of hydrogen-bond acceptors (Lipinski definition) is 5. The fourth-order valence-corrected chi connectivity index (χ4v) is 3.05. The van der Waals surface area contributed by atoms with E-state index in [-0.39, 0.29) is 30.5 Å². The summed E-state index contributed by atoms with van der Waals surface area (Å²) in [6.45, 7) is 0.903. The van der Waals surface area contributed by atoms with Crippen LogP contribution in [0, 0.1) is 11.7 Å². The Hall–Kier alpha value is -3.55. The lowest BCUT2D eigenvalue weighted by molar-refractivity contribution is -0.147. The number of para-hydroxylation sites is 1. The second-order valence-corrected chi connectivity index (χ2v) is 6.65. The van der Waals surface area contributed by atoms with Gasteiger partial charge in [-0.1, -0.05) is 12.1 Å². The number of carbonyl (C=O) groups excluding carboxylic acids is 4. The Labute approximate surface area is 166 Å². The van der Waals surface area contributed by atoms with Crippen LogP contribution >= 0.6 is 0 Å². The third-order valence-corrected chi connectivity index (χ3v) is 4.47. The van der Waals surface area contributed by atoms with Crippen LogP contribution in [0.4, 0.5) is 15.8 Å². The van der Waals surface area contributed by atoms with Crippen LogP contribution in [0.15, 0.2) is 48.5 Å². The van der Waals surface area contributed by atoms with E-state index >= 15 is 0 Å². The minimum absolute atomic E-state index is 0.00178. The number of hydrogen-bond donors (Lipinski definition) is 1. The number of anilines is 2. The van der Waals surface area contributed by atoms with Gasteiger partial charge in [0.25, 0.3) is 0 Å². The molecule has 8 heteroatoms. The van der Waals surface area contributed by atoms with E-state index in [0.29, 0.717) is 11.3 Å². The Morgan fingerprint density at radius 2 is 1.83 bits per heavy atom. The molecule has 0 bridgehead atoms. The third kappa shape index (κ3) is 4.84. The third-order valence-electron chi connectivity index (χ3n) is 4.47. The number of benzene rings is 2. The Kier molecular flexibility index (Phi) is 6.01. The van der Waals surface area contributed by atoms with Gasteiger partial charge in [-0.05, 0) is 36.4 Å². The van der Waals surface area contributed by atoms with Gasteiger partial charge < -0.3 is 15.0 Å². The molecule has 0 saturated carbocycles. The Morgan fingerprint density at radius 3 is 2.48 bits per heavy atom. The number of amides is 2. The van der Waals surface area contributed by atoms with Gasteiger partial charge in [-0.2, -0.15) is 0 Å². The number of nitrogens with zero attached hydrogens (tertiary/aromatic N) is 1. The van der Waals surface area contributed by atoms with Gasteiger partial charge in [0.1, 0.15) is 5.82 Å². The van der Waals surface area contributed by atoms with Crippen LogP contribution in [0.1, 0.15) is 23.7 Å². The second kappa shape index (κ2) is 8.64. The van der Waals surface area contributed by atoms with E-state index in [1.807, 2.05) is 0 Å². The molecule has 7 nitrogen and oxygen atoms in total. The summed E-state index contributed by atoms with van der Waals surface area (Å²) in [5.41, 5.74) is 0.981. The van der Waals surface area contributed by atoms with Gasteiger partial charge in [0, 0.05) is 31.1 Å². The van der Waals surface area contributed by atoms with E-state index < -0.39 is 30.1 Å². The molecule has 29 heavy (non-hydrogen) atoms. The summed E-state index contributed by atoms with van der Waals surface area (Å²) in [4.78, 5) is 48.9. The number of ketones is 1. The molecule has 0 unspecified atom stereocenters. The van der Waals surface area contributed by atoms with E-state index in [9.17, 15) is 23.6 Å². The molecule has 1 atom stereocenters. The normalized spacial score (nSPS) is 15.9. The monoisotopic (exact) mass is 398 g/mol. The van der Waals surface area contributed by atoms with Gasteiger partial charge in [-0.25, -0.2) is 4.39 Å². The predicted octanol–water partition coefficient (Wildman–Crippen LogP) is 2.56. The molecule has 3 rings (SSSR count). The van der Waals surface area contributed by atoms with E-state index in [2.05, 4.69) is 5.32 Å². The van der Waals surface area contributed by atoms with Crippen LogP contribution in [0.25, 0.3) is 0 Å². The zero-order valence-corrected chi connectivity index (χ0v) is 15.7. The van der Waals surface area contributed by atoms with Crippen LogP contribution in [0.5, 0.6) is 0 Å². The van der Waals surface area contributed by atoms with Gasteiger partial charge in [0.2, 0.25) is 11.8 Å². The lowest BCUT2D eigenvalue weighted by Gasteiger charge is -2.17. The molecule has 2 amide bonds. The van der Waals surface area contributed by atoms with Crippen molar-refractivity contribution in [2.75, 3.05) is 23.4 Å². The topological polar surface area (TPSA) is 92.8 Å². The molecule has 150 valence electrons. The van der Waals surface area contributed by atoms with Crippen molar-refractivity contribution in [1.82, 2.24) is 0 Å². The SMILES string of the molecule is CC(=O)Nc1ccc(C(=O)COC(=O)[C@@H]2CC(=O)N(c3ccccc3F)C2)cc1. The number of Topliss-reactive ketones (excluding diaryl/α,β-unsaturated/α-hetero) is 1. The van der Waals surface area contributed by atoms with Gasteiger partial charge in [0.05, 0.1) is 11.6 Å². The molecule has 0 aliphatic carbocycles. The number of ether oxygens (including phenoxy) is 1. The summed E-state index contributed by atoms with van der Waals surface area (Å²) in [6, 6.07) is 12.0. The highest BCUT2D eigenvalue weighted by atomic mass is 19.1. The molecule has 1 saturated heterocycles. The van der Waals surface area contributed by atoms with Crippen molar-refractivity contribution in [3.05, 3.63) is 59.9 Å². The molecule has 0 radical (unpaired) electrons. The van der Waals surface area contributed by atoms with Gasteiger partial charge in [-0.15, -0.1) is 0 Å². The average Bonchev–Trinajstić information content (AvgIpc) is 3.08. The first-order chi connectivity index (χ1) is 13.8. The first-order valence-corrected chi connectivity index (χ1v) is 8.97. The van der Waals surface area contributed by atoms with Crippen LogP contribution in [0.3, 0.4) is 0 Å². The molecule has 1 N–H and O–H groups in total. The summed E-state index contributed by atoms with van der Waals surface area (Å²) in [6.07, 6.45) is -0.104. The zero-order chi connectivity index (χ0) is 21.0. The quantitative estimate of drug-likeness (QED) is 0.596. The van der Waals surface area contributed by atoms with Crippen LogP contribution < -0.4 is 10.2 Å². The van der Waals surface area contributed by atoms with Crippen molar-refractivity contribution >= 4 is 34.9 Å². The van der Waals surface area contributed by atoms with Crippen molar-refractivity contribution in [3.63, 3.8) is 0 Å². The minimum atomic E-state index is -0.767. The van der Waals surface area contributed by atoms with Crippen LogP contribution in [-0.4, -0.2) is 36.7 Å². The maximum Gasteiger partial charge on any atom is 0.311 e. The Morgan fingerprint density at radius 1 is 1.14 bits per heavy atom. The fraction of sp³-hybridized carbons (Fsp3) is 0.238. The summed E-state index contributed by atoms with van der Waals surface area (Å²) in [5.74, 6) is -3.02. The van der Waals surface area contributed by atoms with Crippen molar-refractivity contribution < 1.29 is 28.3 Å². The van der Waals surface area contributed by atoms with Gasteiger partial charge in [0.15, 0.2) is 12.4 Å². The molecule has 1 aliphatic heterocycles. The molecule has 0 aromatic heterocycles. The largest absolute Gasteiger partial charge is 0.457 e. The standard InChI is InChI=1S/C21H19FN2O5/c1-13(25)23-16-8-6-14(7-9-16)19(26)12-29-21(28)15-10-20(27)24(11-15)18-5-3-2-4-17(18)22/h2-9,15H,10-12H2,1H3,(H,23,25)/t15-/m1/s1. The smallest absolute Gasteiger partial charge is 0.311 e. The minimum Gasteiger partial charge on any atom is -0.457 e. The summed E-state index contributed by atoms with van der Waals surface area (Å²) < 4.78 is 19.0. The van der Waals surface area contributed by atoms with Crippen molar-refractivity contribution in [3.8, 4) is 0 Å². The summed E-state index contributed by atoms with van der Waals surface area (Å²) in [5, 5.41) is 2.59. The van der Waals surface area contributed by atoms with E-state index in [4.69, 9.17) is 4.74 Å². The highest BCUT2D eigenvalue weighted by Crippen LogP contribution is 2.27. The molecule has 2 aromatic carbocycles. The van der Waals surface area contributed by atoms with Crippen LogP contribution in [0.2, 0.25) is 0 Å². The molecular formula is C21H19FN2O5. The first kappa shape index (κ1) is 20.2. The lowest BCUT2D eigenvalue weighted by Crippen LogP contribution is -2.27. The molecule has 1 heterocycles. The zero-order valence-electron chi connectivity index (χ0n) is 15.7. The summed E-state index contributed by atoms with van der Waals surface area (Å²) in [7, 11) is 0. The van der Waals surface area contributed by atoms with Crippen molar-refractivity contribution in [1.29, 1.82) is 0 Å². The van der Waals surface area contributed by atoms with Crippen LogP contribution in [-0.2, 0) is 19.1 Å². The van der Waals surface area contributed by atoms with E-state index in [1.165, 1.54) is 42.2 Å². The number of carbonyl (C=O) groups is 4. The number of halogens is 1. The van der Waals surface area contributed by atoms with Crippen molar-refractivity contribution in [2.24, 2.45) is 5.92 Å². The number of nitrogens with one attached hydrogen (secondary N) is 1. The number of esters is 1. The fourth-order valence-electron chi connectivity index (χ4n) is 3.05. The predicted molar refractivity (Wildman–Crippen MR) is 103 cm³/mol. The molecular weight excluding hydrogens is 379 g/mol. The molecule has 2 aromatic rings. The molecule has 0 spiro atoms. The van der Waals surface area contributed by atoms with Gasteiger partial charge in [-0.3, -0.25) is 19.2 Å². The number of rotatable bonds is 6. The highest BCUT2D eigenvalue weighted by Gasteiger charge is 2.37. The summed E-state index contributed by atoms with van der Waals surface area (Å²) >= 11 is 0. The Balaban J connectivity index is 1.55. The van der Waals surface area contributed by atoms with Gasteiger partial charge >= 0.3 is 5.97 Å². The lowest BCUT2D eigenvalue weighted by atomic mass is 10.1. The van der Waals surface area contributed by atoms with E-state index in [1.54, 1.807) is 18.2 Å². The van der Waals surface area contributed by atoms with Crippen molar-refractivity contribution in [2.45, 2.75) is 13.3 Å². The maximum absolute atomic E-state index is 13.9. The molecule has 1 aliphatic rings. The molecule has 1 fully saturated rings. The first-order valence-electron chi connectivity index (χ1n) is 8.97. The maximum atomic E-state index is 13.9.